The molecular weight excluding hydrogens is 228 g/mol. The molecule has 0 aliphatic carbocycles. The van der Waals surface area contributed by atoms with Crippen molar-refractivity contribution < 1.29 is 4.79 Å². The van der Waals surface area contributed by atoms with Gasteiger partial charge in [0.2, 0.25) is 5.91 Å². The molecule has 0 aromatic carbocycles. The Morgan fingerprint density at radius 2 is 2.11 bits per heavy atom. The number of carbonyl (C=O) groups is 1. The molecule has 0 aliphatic rings. The molecule has 0 aliphatic heterocycles. The molecule has 0 fully saturated rings. The molecule has 0 atom stereocenters. The highest BCUT2D eigenvalue weighted by molar-refractivity contribution is 5.81. The number of rotatable bonds is 5. The fourth-order valence-electron chi connectivity index (χ4n) is 1.66. The first kappa shape index (κ1) is 14.0. The van der Waals surface area contributed by atoms with Crippen molar-refractivity contribution in [1.29, 1.82) is 5.26 Å². The summed E-state index contributed by atoms with van der Waals surface area (Å²) >= 11 is 0. The first-order valence-corrected chi connectivity index (χ1v) is 5.97. The molecule has 1 amide bonds. The van der Waals surface area contributed by atoms with E-state index in [2.05, 4.69) is 11.1 Å². The minimum atomic E-state index is 0.0617. The van der Waals surface area contributed by atoms with Crippen LogP contribution in [0.1, 0.15) is 19.4 Å². The van der Waals surface area contributed by atoms with E-state index < -0.39 is 0 Å². The molecular formula is C13H18N4O. The molecule has 18 heavy (non-hydrogen) atoms. The van der Waals surface area contributed by atoms with Crippen molar-refractivity contribution in [3.63, 3.8) is 0 Å². The average Bonchev–Trinajstić information content (AvgIpc) is 2.40. The van der Waals surface area contributed by atoms with Gasteiger partial charge in [0.05, 0.1) is 18.2 Å². The van der Waals surface area contributed by atoms with E-state index in [4.69, 9.17) is 5.26 Å². The van der Waals surface area contributed by atoms with Gasteiger partial charge in [0.1, 0.15) is 5.82 Å². The minimum Gasteiger partial charge on any atom is -0.350 e. The second-order valence-corrected chi connectivity index (χ2v) is 3.94. The first-order chi connectivity index (χ1) is 8.62. The summed E-state index contributed by atoms with van der Waals surface area (Å²) in [6.45, 7) is 5.58. The number of anilines is 1. The van der Waals surface area contributed by atoms with Gasteiger partial charge in [-0.15, -0.1) is 0 Å². The Morgan fingerprint density at radius 3 is 2.67 bits per heavy atom. The van der Waals surface area contributed by atoms with Crippen LogP contribution in [-0.2, 0) is 4.79 Å². The van der Waals surface area contributed by atoms with Gasteiger partial charge in [-0.3, -0.25) is 4.79 Å². The third kappa shape index (κ3) is 3.45. The topological polar surface area (TPSA) is 60.2 Å². The number of amides is 1. The summed E-state index contributed by atoms with van der Waals surface area (Å²) in [6, 6.07) is 5.38. The summed E-state index contributed by atoms with van der Waals surface area (Å²) < 4.78 is 0. The molecule has 0 saturated heterocycles. The van der Waals surface area contributed by atoms with Gasteiger partial charge in [-0.25, -0.2) is 4.98 Å². The van der Waals surface area contributed by atoms with Crippen LogP contribution in [0.2, 0.25) is 0 Å². The first-order valence-electron chi connectivity index (χ1n) is 5.97. The molecule has 5 nitrogen and oxygen atoms in total. The predicted molar refractivity (Wildman–Crippen MR) is 70.2 cm³/mol. The summed E-state index contributed by atoms with van der Waals surface area (Å²) in [4.78, 5) is 19.6. The third-order valence-corrected chi connectivity index (χ3v) is 2.75. The fraction of sp³-hybridized carbons (Fsp3) is 0.462. The van der Waals surface area contributed by atoms with Crippen LogP contribution >= 0.6 is 0 Å². The smallest absolute Gasteiger partial charge is 0.242 e. The minimum absolute atomic E-state index is 0.0617. The van der Waals surface area contributed by atoms with Crippen molar-refractivity contribution in [3.8, 4) is 6.07 Å². The van der Waals surface area contributed by atoms with Gasteiger partial charge in [0.15, 0.2) is 0 Å². The number of aromatic nitrogens is 1. The zero-order valence-electron chi connectivity index (χ0n) is 11.1. The zero-order valence-corrected chi connectivity index (χ0v) is 11.1. The molecule has 1 heterocycles. The largest absolute Gasteiger partial charge is 0.350 e. The normalized spacial score (nSPS) is 9.67. The SMILES string of the molecule is CCN(CC)C(=O)CN(C)c1cc(C#N)ccn1. The number of nitriles is 1. The maximum absolute atomic E-state index is 11.9. The molecule has 0 bridgehead atoms. The van der Waals surface area contributed by atoms with Crippen molar-refractivity contribution in [1.82, 2.24) is 9.88 Å². The van der Waals surface area contributed by atoms with E-state index in [0.29, 0.717) is 24.5 Å². The molecule has 0 radical (unpaired) electrons. The highest BCUT2D eigenvalue weighted by Crippen LogP contribution is 2.10. The molecule has 5 heteroatoms. The van der Waals surface area contributed by atoms with Gasteiger partial charge in [0.25, 0.3) is 0 Å². The Labute approximate surface area is 108 Å². The van der Waals surface area contributed by atoms with E-state index in [1.165, 1.54) is 0 Å². The molecule has 0 N–H and O–H groups in total. The molecule has 1 aromatic heterocycles. The monoisotopic (exact) mass is 246 g/mol. The van der Waals surface area contributed by atoms with Crippen LogP contribution in [0, 0.1) is 11.3 Å². The number of nitrogens with zero attached hydrogens (tertiary/aromatic N) is 4. The van der Waals surface area contributed by atoms with Gasteiger partial charge in [-0.2, -0.15) is 5.26 Å². The Morgan fingerprint density at radius 1 is 1.44 bits per heavy atom. The van der Waals surface area contributed by atoms with Crippen LogP contribution in [0.3, 0.4) is 0 Å². The number of likely N-dealkylation sites (N-methyl/N-ethyl adjacent to an activating group) is 2. The van der Waals surface area contributed by atoms with Crippen molar-refractivity contribution in [2.75, 3.05) is 31.6 Å². The van der Waals surface area contributed by atoms with Crippen molar-refractivity contribution in [3.05, 3.63) is 23.9 Å². The zero-order chi connectivity index (χ0) is 13.5. The van der Waals surface area contributed by atoms with Crippen molar-refractivity contribution in [2.45, 2.75) is 13.8 Å². The molecule has 0 spiro atoms. The van der Waals surface area contributed by atoms with Crippen LogP contribution < -0.4 is 4.90 Å². The van der Waals surface area contributed by atoms with Gasteiger partial charge >= 0.3 is 0 Å². The summed E-state index contributed by atoms with van der Waals surface area (Å²) in [5.41, 5.74) is 0.544. The lowest BCUT2D eigenvalue weighted by Gasteiger charge is -2.23. The lowest BCUT2D eigenvalue weighted by Crippen LogP contribution is -2.39. The lowest BCUT2D eigenvalue weighted by atomic mass is 10.3. The van der Waals surface area contributed by atoms with Gasteiger partial charge in [-0.05, 0) is 26.0 Å². The van der Waals surface area contributed by atoms with Crippen LogP contribution in [0.15, 0.2) is 18.3 Å². The van der Waals surface area contributed by atoms with Gasteiger partial charge in [-0.1, -0.05) is 0 Å². The summed E-state index contributed by atoms with van der Waals surface area (Å²) in [6.07, 6.45) is 1.58. The number of carbonyl (C=O) groups excluding carboxylic acids is 1. The summed E-state index contributed by atoms with van der Waals surface area (Å²) in [5, 5.41) is 8.82. The van der Waals surface area contributed by atoms with Crippen LogP contribution in [0.5, 0.6) is 0 Å². The highest BCUT2D eigenvalue weighted by Gasteiger charge is 2.13. The fourth-order valence-corrected chi connectivity index (χ4v) is 1.66. The van der Waals surface area contributed by atoms with E-state index in [9.17, 15) is 4.79 Å². The second kappa shape index (κ2) is 6.60. The van der Waals surface area contributed by atoms with Crippen LogP contribution in [0.4, 0.5) is 5.82 Å². The molecule has 96 valence electrons. The quantitative estimate of drug-likeness (QED) is 0.784. The average molecular weight is 246 g/mol. The summed E-state index contributed by atoms with van der Waals surface area (Å²) in [7, 11) is 1.80. The van der Waals surface area contributed by atoms with E-state index in [-0.39, 0.29) is 12.5 Å². The van der Waals surface area contributed by atoms with Crippen LogP contribution in [0.25, 0.3) is 0 Å². The number of hydrogen-bond acceptors (Lipinski definition) is 4. The van der Waals surface area contributed by atoms with E-state index >= 15 is 0 Å². The third-order valence-electron chi connectivity index (χ3n) is 2.75. The second-order valence-electron chi connectivity index (χ2n) is 3.94. The van der Waals surface area contributed by atoms with Crippen LogP contribution in [-0.4, -0.2) is 42.5 Å². The maximum atomic E-state index is 11.9. The predicted octanol–water partition coefficient (Wildman–Crippen LogP) is 1.26. The Bertz CT molecular complexity index is 449. The van der Waals surface area contributed by atoms with E-state index in [1.54, 1.807) is 35.2 Å². The van der Waals surface area contributed by atoms with Gasteiger partial charge in [0, 0.05) is 26.3 Å². The highest BCUT2D eigenvalue weighted by atomic mass is 16.2. The van der Waals surface area contributed by atoms with Crippen molar-refractivity contribution in [2.24, 2.45) is 0 Å². The molecule has 1 rings (SSSR count). The molecule has 0 saturated carbocycles. The van der Waals surface area contributed by atoms with Crippen molar-refractivity contribution >= 4 is 11.7 Å². The van der Waals surface area contributed by atoms with E-state index in [0.717, 1.165) is 0 Å². The summed E-state index contributed by atoms with van der Waals surface area (Å²) in [5.74, 6) is 0.696. The Kier molecular flexibility index (Phi) is 5.12. The number of pyridine rings is 1. The van der Waals surface area contributed by atoms with Gasteiger partial charge < -0.3 is 9.80 Å². The molecule has 1 aromatic rings. The lowest BCUT2D eigenvalue weighted by molar-refractivity contribution is -0.129. The Balaban J connectivity index is 2.73. The standard InChI is InChI=1S/C13H18N4O/c1-4-17(5-2)13(18)10-16(3)12-8-11(9-14)6-7-15-12/h6-8H,4-5,10H2,1-3H3. The maximum Gasteiger partial charge on any atom is 0.242 e. The van der Waals surface area contributed by atoms with E-state index in [1.807, 2.05) is 13.8 Å². The number of hydrogen-bond donors (Lipinski definition) is 0. The molecule has 0 unspecified atom stereocenters. The Hall–Kier alpha value is -2.09.